The van der Waals surface area contributed by atoms with Gasteiger partial charge in [-0.3, -0.25) is 0 Å². The average molecular weight is 152 g/mol. The van der Waals surface area contributed by atoms with Crippen molar-refractivity contribution in [2.24, 2.45) is 17.8 Å². The fourth-order valence-electron chi connectivity index (χ4n) is 2.87. The van der Waals surface area contributed by atoms with Crippen LogP contribution in [0.25, 0.3) is 0 Å². The van der Waals surface area contributed by atoms with Crippen molar-refractivity contribution in [1.82, 2.24) is 0 Å². The summed E-state index contributed by atoms with van der Waals surface area (Å²) >= 11 is 0. The molecule has 0 amide bonds. The molecule has 2 aliphatic rings. The van der Waals surface area contributed by atoms with E-state index >= 15 is 0 Å². The van der Waals surface area contributed by atoms with E-state index in [9.17, 15) is 5.11 Å². The molecular formula is C10H16O. The molecule has 0 aromatic carbocycles. The number of hydrogen-bond acceptors (Lipinski definition) is 1. The summed E-state index contributed by atoms with van der Waals surface area (Å²) in [6, 6.07) is 0. The minimum absolute atomic E-state index is 0.0288. The number of fused-ring (bicyclic) bond motifs is 2. The number of rotatable bonds is 2. The van der Waals surface area contributed by atoms with Crippen LogP contribution in [0.4, 0.5) is 0 Å². The lowest BCUT2D eigenvalue weighted by atomic mass is 9.85. The van der Waals surface area contributed by atoms with Crippen molar-refractivity contribution in [3.63, 3.8) is 0 Å². The monoisotopic (exact) mass is 152 g/mol. The predicted octanol–water partition coefficient (Wildman–Crippen LogP) is 1.97. The molecule has 0 heterocycles. The van der Waals surface area contributed by atoms with Crippen molar-refractivity contribution >= 4 is 0 Å². The van der Waals surface area contributed by atoms with E-state index in [2.05, 4.69) is 6.58 Å². The molecule has 2 saturated carbocycles. The fourth-order valence-corrected chi connectivity index (χ4v) is 2.87. The maximum Gasteiger partial charge on any atom is 0.0571 e. The standard InChI is InChI=1S/C10H16O/c1-2-3-7-4-9-5-8(7)6-10(9)11/h2,7-11H,1,3-6H2. The highest BCUT2D eigenvalue weighted by Crippen LogP contribution is 2.49. The first-order valence-electron chi connectivity index (χ1n) is 4.60. The molecule has 2 bridgehead atoms. The number of allylic oxidation sites excluding steroid dienone is 1. The van der Waals surface area contributed by atoms with E-state index in [1.807, 2.05) is 6.08 Å². The van der Waals surface area contributed by atoms with Crippen molar-refractivity contribution in [2.45, 2.75) is 31.8 Å². The van der Waals surface area contributed by atoms with Crippen LogP contribution in [0.15, 0.2) is 12.7 Å². The number of hydrogen-bond donors (Lipinski definition) is 1. The molecule has 4 unspecified atom stereocenters. The second-order valence-corrected chi connectivity index (χ2v) is 4.08. The Balaban J connectivity index is 1.97. The van der Waals surface area contributed by atoms with Crippen molar-refractivity contribution in [3.05, 3.63) is 12.7 Å². The van der Waals surface area contributed by atoms with Gasteiger partial charge in [0.1, 0.15) is 0 Å². The van der Waals surface area contributed by atoms with Crippen LogP contribution in [-0.2, 0) is 0 Å². The second kappa shape index (κ2) is 2.63. The van der Waals surface area contributed by atoms with Gasteiger partial charge in [-0.05, 0) is 43.4 Å². The zero-order valence-electron chi connectivity index (χ0n) is 6.87. The topological polar surface area (TPSA) is 20.2 Å². The second-order valence-electron chi connectivity index (χ2n) is 4.08. The summed E-state index contributed by atoms with van der Waals surface area (Å²) < 4.78 is 0. The molecule has 1 nitrogen and oxygen atoms in total. The fraction of sp³-hybridized carbons (Fsp3) is 0.800. The van der Waals surface area contributed by atoms with E-state index in [0.717, 1.165) is 24.7 Å². The van der Waals surface area contributed by atoms with Gasteiger partial charge in [-0.1, -0.05) is 6.08 Å². The van der Waals surface area contributed by atoms with Gasteiger partial charge in [-0.25, -0.2) is 0 Å². The van der Waals surface area contributed by atoms with E-state index in [1.165, 1.54) is 12.8 Å². The smallest absolute Gasteiger partial charge is 0.0571 e. The molecule has 2 rings (SSSR count). The van der Waals surface area contributed by atoms with Crippen LogP contribution in [0.2, 0.25) is 0 Å². The predicted molar refractivity (Wildman–Crippen MR) is 45.1 cm³/mol. The lowest BCUT2D eigenvalue weighted by molar-refractivity contribution is 0.0956. The maximum atomic E-state index is 9.48. The van der Waals surface area contributed by atoms with Crippen molar-refractivity contribution < 1.29 is 5.11 Å². The first-order valence-corrected chi connectivity index (χ1v) is 4.60. The molecule has 11 heavy (non-hydrogen) atoms. The van der Waals surface area contributed by atoms with Gasteiger partial charge in [0.05, 0.1) is 6.10 Å². The summed E-state index contributed by atoms with van der Waals surface area (Å²) in [5.74, 6) is 2.29. The first kappa shape index (κ1) is 7.35. The summed E-state index contributed by atoms with van der Waals surface area (Å²) in [6.45, 7) is 3.76. The normalized spacial score (nSPS) is 48.1. The van der Waals surface area contributed by atoms with E-state index in [4.69, 9.17) is 0 Å². The van der Waals surface area contributed by atoms with E-state index in [0.29, 0.717) is 5.92 Å². The maximum absolute atomic E-state index is 9.48. The van der Waals surface area contributed by atoms with Crippen LogP contribution in [0.5, 0.6) is 0 Å². The van der Waals surface area contributed by atoms with E-state index < -0.39 is 0 Å². The van der Waals surface area contributed by atoms with Crippen LogP contribution in [0.3, 0.4) is 0 Å². The van der Waals surface area contributed by atoms with Gasteiger partial charge in [0.15, 0.2) is 0 Å². The SMILES string of the molecule is C=CCC1CC2CC1CC2O. The molecule has 0 aromatic rings. The number of aliphatic hydroxyl groups is 1. The van der Waals surface area contributed by atoms with Gasteiger partial charge in [-0.2, -0.15) is 0 Å². The minimum atomic E-state index is 0.0288. The third-order valence-electron chi connectivity index (χ3n) is 3.44. The van der Waals surface area contributed by atoms with Gasteiger partial charge in [0.2, 0.25) is 0 Å². The van der Waals surface area contributed by atoms with Crippen molar-refractivity contribution in [2.75, 3.05) is 0 Å². The zero-order chi connectivity index (χ0) is 7.84. The Bertz CT molecular complexity index is 162. The van der Waals surface area contributed by atoms with Gasteiger partial charge in [-0.15, -0.1) is 6.58 Å². The van der Waals surface area contributed by atoms with Gasteiger partial charge >= 0.3 is 0 Å². The Hall–Kier alpha value is -0.300. The summed E-state index contributed by atoms with van der Waals surface area (Å²) in [5.41, 5.74) is 0. The third-order valence-corrected chi connectivity index (χ3v) is 3.44. The Morgan fingerprint density at radius 2 is 2.09 bits per heavy atom. The van der Waals surface area contributed by atoms with E-state index in [1.54, 1.807) is 0 Å². The zero-order valence-corrected chi connectivity index (χ0v) is 6.87. The summed E-state index contributed by atoms with van der Waals surface area (Å²) in [7, 11) is 0. The largest absolute Gasteiger partial charge is 0.393 e. The highest BCUT2D eigenvalue weighted by Gasteiger charge is 2.44. The molecule has 2 fully saturated rings. The Morgan fingerprint density at radius 3 is 2.55 bits per heavy atom. The molecule has 0 saturated heterocycles. The lowest BCUT2D eigenvalue weighted by Crippen LogP contribution is -2.21. The summed E-state index contributed by atoms with van der Waals surface area (Å²) in [4.78, 5) is 0. The quantitative estimate of drug-likeness (QED) is 0.600. The molecular weight excluding hydrogens is 136 g/mol. The molecule has 62 valence electrons. The highest BCUT2D eigenvalue weighted by atomic mass is 16.3. The van der Waals surface area contributed by atoms with Crippen LogP contribution in [-0.4, -0.2) is 11.2 Å². The van der Waals surface area contributed by atoms with Gasteiger partial charge in [0.25, 0.3) is 0 Å². The average Bonchev–Trinajstić information content (AvgIpc) is 2.47. The molecule has 1 N–H and O–H groups in total. The van der Waals surface area contributed by atoms with Crippen molar-refractivity contribution in [1.29, 1.82) is 0 Å². The number of aliphatic hydroxyl groups excluding tert-OH is 1. The molecule has 0 radical (unpaired) electrons. The first-order chi connectivity index (χ1) is 5.31. The molecule has 2 aliphatic carbocycles. The van der Waals surface area contributed by atoms with Gasteiger partial charge < -0.3 is 5.11 Å². The lowest BCUT2D eigenvalue weighted by Gasteiger charge is -2.23. The molecule has 0 spiro atoms. The van der Waals surface area contributed by atoms with Crippen molar-refractivity contribution in [3.8, 4) is 0 Å². The Labute approximate surface area is 68.1 Å². The summed E-state index contributed by atoms with van der Waals surface area (Å²) in [5, 5.41) is 9.48. The van der Waals surface area contributed by atoms with Gasteiger partial charge in [0, 0.05) is 0 Å². The van der Waals surface area contributed by atoms with Crippen LogP contribution in [0.1, 0.15) is 25.7 Å². The third kappa shape index (κ3) is 1.12. The van der Waals surface area contributed by atoms with E-state index in [-0.39, 0.29) is 6.10 Å². The van der Waals surface area contributed by atoms with Crippen LogP contribution < -0.4 is 0 Å². The molecule has 0 aromatic heterocycles. The minimum Gasteiger partial charge on any atom is -0.393 e. The molecule has 0 aliphatic heterocycles. The van der Waals surface area contributed by atoms with Crippen LogP contribution >= 0.6 is 0 Å². The highest BCUT2D eigenvalue weighted by molar-refractivity contribution is 4.96. The Kier molecular flexibility index (Phi) is 1.76. The molecule has 4 atom stereocenters. The summed E-state index contributed by atoms with van der Waals surface area (Å²) in [6.07, 6.45) is 6.80. The molecule has 1 heteroatoms. The van der Waals surface area contributed by atoms with Crippen LogP contribution in [0, 0.1) is 17.8 Å². The Morgan fingerprint density at radius 1 is 1.27 bits per heavy atom.